The highest BCUT2D eigenvalue weighted by Gasteiger charge is 2.19. The van der Waals surface area contributed by atoms with Crippen molar-refractivity contribution in [3.05, 3.63) is 49.6 Å². The highest BCUT2D eigenvalue weighted by atomic mass is 32.1. The topological polar surface area (TPSA) is 127 Å². The summed E-state index contributed by atoms with van der Waals surface area (Å²) in [6, 6.07) is 0. The first-order chi connectivity index (χ1) is 13.9. The Morgan fingerprint density at radius 3 is 2.72 bits per heavy atom. The Hall–Kier alpha value is -3.21. The predicted molar refractivity (Wildman–Crippen MR) is 108 cm³/mol. The van der Waals surface area contributed by atoms with Gasteiger partial charge in [0, 0.05) is 43.2 Å². The molecule has 4 aromatic heterocycles. The van der Waals surface area contributed by atoms with Crippen LogP contribution < -0.4 is 11.2 Å². The van der Waals surface area contributed by atoms with Crippen LogP contribution in [0.1, 0.15) is 36.2 Å². The number of fused-ring (bicyclic) bond motifs is 2. The van der Waals surface area contributed by atoms with E-state index in [9.17, 15) is 14.4 Å². The van der Waals surface area contributed by atoms with Gasteiger partial charge in [0.15, 0.2) is 16.1 Å². The van der Waals surface area contributed by atoms with E-state index in [1.54, 1.807) is 22.8 Å². The van der Waals surface area contributed by atoms with E-state index < -0.39 is 17.2 Å². The number of H-pyrrole nitrogens is 1. The summed E-state index contributed by atoms with van der Waals surface area (Å²) in [7, 11) is 0. The summed E-state index contributed by atoms with van der Waals surface area (Å²) in [6.45, 7) is 4.48. The predicted octanol–water partition coefficient (Wildman–Crippen LogP) is 1.38. The molecule has 0 unspecified atom stereocenters. The Kier molecular flexibility index (Phi) is 4.82. The van der Waals surface area contributed by atoms with Gasteiger partial charge < -0.3 is 9.67 Å². The molecule has 0 radical (unpaired) electrons. The van der Waals surface area contributed by atoms with Crippen LogP contribution in [0.2, 0.25) is 0 Å². The minimum absolute atomic E-state index is 0.0239. The molecule has 2 N–H and O–H groups in total. The summed E-state index contributed by atoms with van der Waals surface area (Å²) in [4.78, 5) is 49.1. The van der Waals surface area contributed by atoms with Crippen LogP contribution in [0.15, 0.2) is 22.0 Å². The average molecular weight is 416 g/mol. The maximum atomic E-state index is 12.5. The molecule has 152 valence electrons. The molecule has 4 aromatic rings. The monoisotopic (exact) mass is 416 g/mol. The lowest BCUT2D eigenvalue weighted by Gasteiger charge is -2.07. The Morgan fingerprint density at radius 2 is 2.03 bits per heavy atom. The van der Waals surface area contributed by atoms with Crippen molar-refractivity contribution in [2.75, 3.05) is 0 Å². The summed E-state index contributed by atoms with van der Waals surface area (Å²) in [6.07, 6.45) is 4.59. The van der Waals surface area contributed by atoms with Crippen LogP contribution >= 0.6 is 11.3 Å². The van der Waals surface area contributed by atoms with Crippen molar-refractivity contribution in [1.82, 2.24) is 28.5 Å². The zero-order valence-electron chi connectivity index (χ0n) is 16.0. The molecule has 0 bridgehead atoms. The van der Waals surface area contributed by atoms with E-state index in [4.69, 9.17) is 5.11 Å². The molecular formula is C18H20N6O4S. The number of aryl methyl sites for hydroxylation is 3. The third-order valence-electron chi connectivity index (χ3n) is 4.71. The third-order valence-corrected chi connectivity index (χ3v) is 5.63. The molecule has 0 amide bonds. The smallest absolute Gasteiger partial charge is 0.330 e. The summed E-state index contributed by atoms with van der Waals surface area (Å²) >= 11 is 1.58. The molecule has 0 fully saturated rings. The van der Waals surface area contributed by atoms with Crippen LogP contribution in [-0.2, 0) is 24.3 Å². The van der Waals surface area contributed by atoms with Gasteiger partial charge in [0.2, 0.25) is 0 Å². The van der Waals surface area contributed by atoms with E-state index in [1.165, 1.54) is 4.57 Å². The molecule has 0 saturated carbocycles. The van der Waals surface area contributed by atoms with Gasteiger partial charge in [-0.05, 0) is 20.3 Å². The highest BCUT2D eigenvalue weighted by molar-refractivity contribution is 7.16. The Balaban J connectivity index is 1.82. The van der Waals surface area contributed by atoms with E-state index in [0.29, 0.717) is 37.4 Å². The molecule has 0 aliphatic heterocycles. The molecule has 10 nitrogen and oxygen atoms in total. The quantitative estimate of drug-likeness (QED) is 0.469. The number of hydrogen-bond acceptors (Lipinski definition) is 6. The van der Waals surface area contributed by atoms with E-state index in [-0.39, 0.29) is 11.9 Å². The van der Waals surface area contributed by atoms with E-state index in [1.807, 2.05) is 23.7 Å². The van der Waals surface area contributed by atoms with Gasteiger partial charge >= 0.3 is 11.7 Å². The lowest BCUT2D eigenvalue weighted by molar-refractivity contribution is -0.137. The Morgan fingerprint density at radius 1 is 1.24 bits per heavy atom. The lowest BCUT2D eigenvalue weighted by Crippen LogP contribution is -2.30. The molecule has 0 atom stereocenters. The first-order valence-corrected chi connectivity index (χ1v) is 10.1. The van der Waals surface area contributed by atoms with Gasteiger partial charge in [0.05, 0.1) is 5.69 Å². The van der Waals surface area contributed by atoms with Crippen LogP contribution in [0, 0.1) is 6.92 Å². The van der Waals surface area contributed by atoms with Gasteiger partial charge in [-0.3, -0.25) is 23.5 Å². The Labute approximate surface area is 168 Å². The van der Waals surface area contributed by atoms with Crippen LogP contribution in [0.3, 0.4) is 0 Å². The molecule has 4 rings (SSSR count). The second-order valence-corrected chi connectivity index (χ2v) is 8.01. The van der Waals surface area contributed by atoms with Crippen LogP contribution in [0.25, 0.3) is 16.1 Å². The second kappa shape index (κ2) is 7.32. The number of thiazole rings is 1. The van der Waals surface area contributed by atoms with Gasteiger partial charge in [0.1, 0.15) is 5.82 Å². The molecule has 11 heteroatoms. The summed E-state index contributed by atoms with van der Waals surface area (Å²) in [5.74, 6) is -0.328. The number of nitrogens with zero attached hydrogens (tertiary/aromatic N) is 5. The highest BCUT2D eigenvalue weighted by Crippen LogP contribution is 2.20. The molecule has 0 aliphatic rings. The van der Waals surface area contributed by atoms with Gasteiger partial charge in [-0.25, -0.2) is 14.8 Å². The molecule has 0 saturated heterocycles. The summed E-state index contributed by atoms with van der Waals surface area (Å²) < 4.78 is 5.06. The summed E-state index contributed by atoms with van der Waals surface area (Å²) in [5, 5.41) is 8.96. The number of aromatic amines is 1. The number of aromatic nitrogens is 6. The minimum Gasteiger partial charge on any atom is -0.481 e. The number of hydrogen-bond donors (Lipinski definition) is 2. The number of rotatable bonds is 7. The standard InChI is InChI=1S/C18H20N6O4S/c1-3-23-15-14(16(27)21-17(23)28)24(6-4-5-13(25)26)12(20-15)7-11-9-22-8-10(2)29-18(22)19-11/h8-9H,3-7H2,1-2H3,(H,25,26)(H,21,27,28). The number of nitrogens with one attached hydrogen (secondary N) is 1. The summed E-state index contributed by atoms with van der Waals surface area (Å²) in [5.41, 5.74) is 0.343. The van der Waals surface area contributed by atoms with Gasteiger partial charge in [0.25, 0.3) is 5.56 Å². The lowest BCUT2D eigenvalue weighted by atomic mass is 10.3. The second-order valence-electron chi connectivity index (χ2n) is 6.79. The number of carboxylic acids is 1. The van der Waals surface area contributed by atoms with Crippen molar-refractivity contribution in [3.8, 4) is 0 Å². The fourth-order valence-electron chi connectivity index (χ4n) is 3.48. The fraction of sp³-hybridized carbons (Fsp3) is 0.389. The minimum atomic E-state index is -0.903. The fourth-order valence-corrected chi connectivity index (χ4v) is 4.31. The molecule has 29 heavy (non-hydrogen) atoms. The molecule has 0 spiro atoms. The van der Waals surface area contributed by atoms with Crippen molar-refractivity contribution >= 4 is 33.4 Å². The van der Waals surface area contributed by atoms with Crippen molar-refractivity contribution in [2.24, 2.45) is 0 Å². The van der Waals surface area contributed by atoms with E-state index >= 15 is 0 Å². The van der Waals surface area contributed by atoms with Crippen LogP contribution in [0.4, 0.5) is 0 Å². The van der Waals surface area contributed by atoms with Crippen LogP contribution in [-0.4, -0.2) is 39.6 Å². The first-order valence-electron chi connectivity index (χ1n) is 9.25. The maximum Gasteiger partial charge on any atom is 0.330 e. The zero-order chi connectivity index (χ0) is 20.7. The Bertz CT molecular complexity index is 1310. The van der Waals surface area contributed by atoms with Crippen LogP contribution in [0.5, 0.6) is 0 Å². The largest absolute Gasteiger partial charge is 0.481 e. The van der Waals surface area contributed by atoms with Gasteiger partial charge in [-0.1, -0.05) is 0 Å². The zero-order valence-corrected chi connectivity index (χ0v) is 16.8. The van der Waals surface area contributed by atoms with Crippen molar-refractivity contribution in [1.29, 1.82) is 0 Å². The van der Waals surface area contributed by atoms with Gasteiger partial charge in [-0.15, -0.1) is 11.3 Å². The van der Waals surface area contributed by atoms with E-state index in [0.717, 1.165) is 15.5 Å². The SMILES string of the molecule is CCn1c(=O)[nH]c(=O)c2c1nc(Cc1cn3cc(C)sc3n1)n2CCCC(=O)O. The van der Waals surface area contributed by atoms with Crippen molar-refractivity contribution in [3.63, 3.8) is 0 Å². The molecule has 4 heterocycles. The first kappa shape index (κ1) is 19.1. The van der Waals surface area contributed by atoms with E-state index in [2.05, 4.69) is 15.0 Å². The molecule has 0 aliphatic carbocycles. The van der Waals surface area contributed by atoms with Crippen molar-refractivity contribution < 1.29 is 9.90 Å². The van der Waals surface area contributed by atoms with Gasteiger partial charge in [-0.2, -0.15) is 0 Å². The maximum absolute atomic E-state index is 12.5. The number of imidazole rings is 2. The molecule has 0 aromatic carbocycles. The van der Waals surface area contributed by atoms with Crippen molar-refractivity contribution in [2.45, 2.75) is 46.2 Å². The number of aliphatic carboxylic acids is 1. The average Bonchev–Trinajstić information content (AvgIpc) is 3.26. The number of carboxylic acid groups (broad SMARTS) is 1. The molecular weight excluding hydrogens is 396 g/mol. The normalized spacial score (nSPS) is 11.7. The number of carbonyl (C=O) groups is 1. The third kappa shape index (κ3) is 3.48.